The average Bonchev–Trinajstić information content (AvgIpc) is 2.42. The zero-order valence-electron chi connectivity index (χ0n) is 9.49. The molecule has 1 unspecified atom stereocenters. The van der Waals surface area contributed by atoms with Crippen molar-refractivity contribution in [2.45, 2.75) is 6.10 Å². The smallest absolute Gasteiger partial charge is 0.125 e. The Morgan fingerprint density at radius 3 is 1.89 bits per heavy atom. The monoisotopic (exact) mass is 290 g/mol. The van der Waals surface area contributed by atoms with Gasteiger partial charge in [-0.3, -0.25) is 0 Å². The molecule has 0 saturated carbocycles. The summed E-state index contributed by atoms with van der Waals surface area (Å²) in [6, 6.07) is 18.2. The molecular weight excluding hydrogens is 278 g/mol. The maximum atomic E-state index is 10.1. The number of hydrogen-bond donors (Lipinski definition) is 2. The quantitative estimate of drug-likeness (QED) is 0.395. The maximum Gasteiger partial charge on any atom is 0.125 e. The number of nitrogens with zero attached hydrogens (tertiary/aromatic N) is 1. The first-order valence-electron chi connectivity index (χ1n) is 5.33. The molecule has 4 heteroatoms. The van der Waals surface area contributed by atoms with Gasteiger partial charge in [0.05, 0.1) is 0 Å². The van der Waals surface area contributed by atoms with Gasteiger partial charge in [0.25, 0.3) is 0 Å². The van der Waals surface area contributed by atoms with Crippen LogP contribution in [0.1, 0.15) is 17.2 Å². The SMILES string of the molecule is O/N=C(\c1ccccc1)C(O)c1ccccc1.[Cu]. The van der Waals surface area contributed by atoms with Gasteiger partial charge in [-0.25, -0.2) is 0 Å². The van der Waals surface area contributed by atoms with Gasteiger partial charge in [0, 0.05) is 22.6 Å². The van der Waals surface area contributed by atoms with E-state index in [9.17, 15) is 5.11 Å². The molecule has 1 radical (unpaired) electrons. The first kappa shape index (κ1) is 14.5. The predicted molar refractivity (Wildman–Crippen MR) is 66.2 cm³/mol. The first-order chi connectivity index (χ1) is 8.33. The van der Waals surface area contributed by atoms with Crippen molar-refractivity contribution in [3.63, 3.8) is 0 Å². The topological polar surface area (TPSA) is 52.8 Å². The summed E-state index contributed by atoms with van der Waals surface area (Å²) >= 11 is 0. The molecule has 0 bridgehead atoms. The molecule has 0 saturated heterocycles. The Balaban J connectivity index is 0.00000162. The van der Waals surface area contributed by atoms with Crippen molar-refractivity contribution in [2.24, 2.45) is 5.16 Å². The van der Waals surface area contributed by atoms with Gasteiger partial charge >= 0.3 is 0 Å². The van der Waals surface area contributed by atoms with Crippen LogP contribution in [0.3, 0.4) is 0 Å². The van der Waals surface area contributed by atoms with Gasteiger partial charge in [-0.15, -0.1) is 0 Å². The van der Waals surface area contributed by atoms with E-state index < -0.39 is 6.10 Å². The minimum atomic E-state index is -0.927. The van der Waals surface area contributed by atoms with Crippen molar-refractivity contribution in [3.8, 4) is 0 Å². The van der Waals surface area contributed by atoms with E-state index in [1.807, 2.05) is 36.4 Å². The molecule has 0 fully saturated rings. The van der Waals surface area contributed by atoms with Gasteiger partial charge in [0.1, 0.15) is 11.8 Å². The molecule has 0 aliphatic heterocycles. The van der Waals surface area contributed by atoms with E-state index in [-0.39, 0.29) is 22.8 Å². The van der Waals surface area contributed by atoms with Gasteiger partial charge in [-0.2, -0.15) is 0 Å². The Labute approximate surface area is 116 Å². The van der Waals surface area contributed by atoms with Crippen LogP contribution in [0.5, 0.6) is 0 Å². The summed E-state index contributed by atoms with van der Waals surface area (Å²) in [5.41, 5.74) is 1.65. The van der Waals surface area contributed by atoms with E-state index in [4.69, 9.17) is 5.21 Å². The van der Waals surface area contributed by atoms with Gasteiger partial charge < -0.3 is 10.3 Å². The largest absolute Gasteiger partial charge is 0.411 e. The number of hydrogen-bond acceptors (Lipinski definition) is 3. The van der Waals surface area contributed by atoms with Crippen molar-refractivity contribution >= 4 is 5.71 Å². The maximum absolute atomic E-state index is 10.1. The number of oxime groups is 1. The van der Waals surface area contributed by atoms with Crippen molar-refractivity contribution in [1.29, 1.82) is 0 Å². The Bertz CT molecular complexity index is 500. The summed E-state index contributed by atoms with van der Waals surface area (Å²) in [5.74, 6) is 0. The summed E-state index contributed by atoms with van der Waals surface area (Å²) in [5, 5.41) is 22.4. The number of benzene rings is 2. The van der Waals surface area contributed by atoms with Crippen molar-refractivity contribution < 1.29 is 27.4 Å². The Morgan fingerprint density at radius 2 is 1.39 bits per heavy atom. The van der Waals surface area contributed by atoms with E-state index in [0.717, 1.165) is 0 Å². The molecule has 0 heterocycles. The fourth-order valence-corrected chi connectivity index (χ4v) is 1.67. The fourth-order valence-electron chi connectivity index (χ4n) is 1.67. The third-order valence-electron chi connectivity index (χ3n) is 2.55. The van der Waals surface area contributed by atoms with Crippen LogP contribution in [0.2, 0.25) is 0 Å². The summed E-state index contributed by atoms with van der Waals surface area (Å²) in [4.78, 5) is 0. The van der Waals surface area contributed by atoms with Crippen LogP contribution in [-0.2, 0) is 17.1 Å². The molecule has 0 aliphatic rings. The molecule has 0 amide bonds. The Hall–Kier alpha value is -1.61. The van der Waals surface area contributed by atoms with Crippen LogP contribution in [0.4, 0.5) is 0 Å². The van der Waals surface area contributed by atoms with Crippen molar-refractivity contribution in [2.75, 3.05) is 0 Å². The van der Waals surface area contributed by atoms with Crippen LogP contribution in [0, 0.1) is 0 Å². The summed E-state index contributed by atoms with van der Waals surface area (Å²) in [7, 11) is 0. The minimum absolute atomic E-state index is 0. The van der Waals surface area contributed by atoms with E-state index >= 15 is 0 Å². The molecule has 2 aromatic carbocycles. The van der Waals surface area contributed by atoms with Crippen molar-refractivity contribution in [1.82, 2.24) is 0 Å². The normalized spacial score (nSPS) is 12.6. The zero-order chi connectivity index (χ0) is 12.1. The van der Waals surface area contributed by atoms with Gasteiger partial charge in [-0.05, 0) is 5.56 Å². The molecule has 97 valence electrons. The van der Waals surface area contributed by atoms with Gasteiger partial charge in [-0.1, -0.05) is 65.8 Å². The molecule has 2 rings (SSSR count). The van der Waals surface area contributed by atoms with E-state index in [2.05, 4.69) is 5.16 Å². The molecule has 3 nitrogen and oxygen atoms in total. The molecule has 0 aliphatic carbocycles. The molecular formula is C14H13CuNO2. The van der Waals surface area contributed by atoms with Gasteiger partial charge in [0.2, 0.25) is 0 Å². The van der Waals surface area contributed by atoms with Crippen LogP contribution in [0.15, 0.2) is 65.8 Å². The van der Waals surface area contributed by atoms with Crippen LogP contribution in [-0.4, -0.2) is 16.0 Å². The molecule has 0 spiro atoms. The number of rotatable bonds is 3. The van der Waals surface area contributed by atoms with E-state index in [0.29, 0.717) is 11.1 Å². The predicted octanol–water partition coefficient (Wildman–Crippen LogP) is 2.60. The summed E-state index contributed by atoms with van der Waals surface area (Å²) in [6.45, 7) is 0. The van der Waals surface area contributed by atoms with Gasteiger partial charge in [0.15, 0.2) is 0 Å². The average molecular weight is 291 g/mol. The third kappa shape index (κ3) is 3.20. The number of aliphatic hydroxyl groups excluding tert-OH is 1. The van der Waals surface area contributed by atoms with E-state index in [1.54, 1.807) is 24.3 Å². The minimum Gasteiger partial charge on any atom is -0.411 e. The second-order valence-electron chi connectivity index (χ2n) is 3.66. The Kier molecular flexibility index (Phi) is 5.59. The zero-order valence-corrected chi connectivity index (χ0v) is 10.4. The number of aliphatic hydroxyl groups is 1. The fraction of sp³-hybridized carbons (Fsp3) is 0.0714. The van der Waals surface area contributed by atoms with E-state index in [1.165, 1.54) is 0 Å². The van der Waals surface area contributed by atoms with Crippen LogP contribution < -0.4 is 0 Å². The third-order valence-corrected chi connectivity index (χ3v) is 2.55. The standard InChI is InChI=1S/C14H13NO2.Cu/c16-14(12-9-5-2-6-10-12)13(15-17)11-7-3-1-4-8-11;/h1-10,14,16-17H;/b15-13+;. The first-order valence-corrected chi connectivity index (χ1v) is 5.33. The second kappa shape index (κ2) is 6.96. The molecule has 0 aromatic heterocycles. The van der Waals surface area contributed by atoms with Crippen LogP contribution in [0.25, 0.3) is 0 Å². The summed E-state index contributed by atoms with van der Waals surface area (Å²) < 4.78 is 0. The molecule has 2 N–H and O–H groups in total. The van der Waals surface area contributed by atoms with Crippen molar-refractivity contribution in [3.05, 3.63) is 71.8 Å². The molecule has 2 aromatic rings. The Morgan fingerprint density at radius 1 is 0.889 bits per heavy atom. The second-order valence-corrected chi connectivity index (χ2v) is 3.66. The van der Waals surface area contributed by atoms with Crippen LogP contribution >= 0.6 is 0 Å². The molecule has 1 atom stereocenters. The summed E-state index contributed by atoms with van der Waals surface area (Å²) in [6.07, 6.45) is -0.927. The molecule has 18 heavy (non-hydrogen) atoms.